The first-order chi connectivity index (χ1) is 10.8. The van der Waals surface area contributed by atoms with Crippen LogP contribution in [0.4, 0.5) is 0 Å². The summed E-state index contributed by atoms with van der Waals surface area (Å²) in [6.07, 6.45) is 3.21. The maximum atomic E-state index is 5.48. The van der Waals surface area contributed by atoms with Gasteiger partial charge in [0, 0.05) is 11.6 Å². The summed E-state index contributed by atoms with van der Waals surface area (Å²) in [6.45, 7) is 0.975. The van der Waals surface area contributed by atoms with Gasteiger partial charge < -0.3 is 14.6 Å². The van der Waals surface area contributed by atoms with Gasteiger partial charge in [0.25, 0.3) is 0 Å². The van der Waals surface area contributed by atoms with Crippen LogP contribution in [0.2, 0.25) is 0 Å². The highest BCUT2D eigenvalue weighted by Crippen LogP contribution is 2.31. The summed E-state index contributed by atoms with van der Waals surface area (Å²) in [5.74, 6) is 0.927. The average molecular weight is 294 g/mol. The van der Waals surface area contributed by atoms with Gasteiger partial charge in [0.1, 0.15) is 5.75 Å². The molecule has 22 heavy (non-hydrogen) atoms. The second-order valence-electron chi connectivity index (χ2n) is 5.43. The van der Waals surface area contributed by atoms with Crippen molar-refractivity contribution in [3.05, 3.63) is 66.4 Å². The summed E-state index contributed by atoms with van der Waals surface area (Å²) in [4.78, 5) is 0. The molecule has 0 aliphatic rings. The smallest absolute Gasteiger partial charge is 0.128 e. The van der Waals surface area contributed by atoms with E-state index in [0.717, 1.165) is 24.1 Å². The van der Waals surface area contributed by atoms with E-state index in [1.54, 1.807) is 7.11 Å². The van der Waals surface area contributed by atoms with Crippen molar-refractivity contribution in [3.63, 3.8) is 0 Å². The zero-order chi connectivity index (χ0) is 15.4. The van der Waals surface area contributed by atoms with Crippen LogP contribution < -0.4 is 10.1 Å². The lowest BCUT2D eigenvalue weighted by molar-refractivity contribution is 0.420. The molecule has 0 fully saturated rings. The Balaban J connectivity index is 2.08. The van der Waals surface area contributed by atoms with Crippen LogP contribution in [0, 0.1) is 0 Å². The fourth-order valence-electron chi connectivity index (χ4n) is 3.03. The molecule has 3 nitrogen and oxygen atoms in total. The van der Waals surface area contributed by atoms with Crippen molar-refractivity contribution in [3.8, 4) is 5.75 Å². The SMILES string of the molecule is CNCCC(c1ccccc1)n1ccc2c(OC)cccc21. The van der Waals surface area contributed by atoms with Crippen molar-refractivity contribution in [2.24, 2.45) is 0 Å². The van der Waals surface area contributed by atoms with Crippen molar-refractivity contribution in [1.82, 2.24) is 9.88 Å². The fourth-order valence-corrected chi connectivity index (χ4v) is 3.03. The molecule has 0 saturated carbocycles. The van der Waals surface area contributed by atoms with Gasteiger partial charge >= 0.3 is 0 Å². The Kier molecular flexibility index (Phi) is 4.45. The molecule has 0 saturated heterocycles. The predicted molar refractivity (Wildman–Crippen MR) is 91.6 cm³/mol. The Morgan fingerprint density at radius 2 is 1.86 bits per heavy atom. The molecular formula is C19H22N2O. The second-order valence-corrected chi connectivity index (χ2v) is 5.43. The van der Waals surface area contributed by atoms with Gasteiger partial charge in [-0.1, -0.05) is 36.4 Å². The van der Waals surface area contributed by atoms with Crippen LogP contribution in [-0.4, -0.2) is 25.3 Å². The van der Waals surface area contributed by atoms with Crippen LogP contribution in [0.5, 0.6) is 5.75 Å². The molecule has 1 unspecified atom stereocenters. The van der Waals surface area contributed by atoms with Gasteiger partial charge in [-0.15, -0.1) is 0 Å². The van der Waals surface area contributed by atoms with E-state index in [4.69, 9.17) is 4.74 Å². The highest BCUT2D eigenvalue weighted by molar-refractivity contribution is 5.86. The lowest BCUT2D eigenvalue weighted by Gasteiger charge is -2.21. The van der Waals surface area contributed by atoms with Crippen molar-refractivity contribution >= 4 is 10.9 Å². The Morgan fingerprint density at radius 1 is 1.05 bits per heavy atom. The monoisotopic (exact) mass is 294 g/mol. The predicted octanol–water partition coefficient (Wildman–Crippen LogP) is 3.85. The third-order valence-electron chi connectivity index (χ3n) is 4.13. The highest BCUT2D eigenvalue weighted by atomic mass is 16.5. The standard InChI is InChI=1S/C19H22N2O/c1-20-13-11-17(15-7-4-3-5-8-15)21-14-12-16-18(21)9-6-10-19(16)22-2/h3-10,12,14,17,20H,11,13H2,1-2H3. The molecule has 0 amide bonds. The number of ether oxygens (including phenoxy) is 1. The lowest BCUT2D eigenvalue weighted by atomic mass is 10.0. The summed E-state index contributed by atoms with van der Waals surface area (Å²) < 4.78 is 7.83. The number of hydrogen-bond acceptors (Lipinski definition) is 2. The minimum absolute atomic E-state index is 0.318. The van der Waals surface area contributed by atoms with Gasteiger partial charge in [-0.25, -0.2) is 0 Å². The number of fused-ring (bicyclic) bond motifs is 1. The Bertz CT molecular complexity index is 734. The number of hydrogen-bond donors (Lipinski definition) is 1. The normalized spacial score (nSPS) is 12.5. The molecule has 1 aromatic heterocycles. The molecule has 0 aliphatic heterocycles. The van der Waals surface area contributed by atoms with Crippen LogP contribution in [0.3, 0.4) is 0 Å². The summed E-state index contributed by atoms with van der Waals surface area (Å²) >= 11 is 0. The Morgan fingerprint density at radius 3 is 2.59 bits per heavy atom. The van der Waals surface area contributed by atoms with Gasteiger partial charge in [-0.05, 0) is 43.8 Å². The lowest BCUT2D eigenvalue weighted by Crippen LogP contribution is -2.17. The van der Waals surface area contributed by atoms with E-state index in [1.807, 2.05) is 13.1 Å². The molecule has 1 heterocycles. The molecule has 0 aliphatic carbocycles. The van der Waals surface area contributed by atoms with Crippen molar-refractivity contribution < 1.29 is 4.74 Å². The number of rotatable bonds is 6. The van der Waals surface area contributed by atoms with Crippen LogP contribution in [0.1, 0.15) is 18.0 Å². The molecule has 1 N–H and O–H groups in total. The van der Waals surface area contributed by atoms with E-state index in [2.05, 4.69) is 64.6 Å². The zero-order valence-electron chi connectivity index (χ0n) is 13.1. The van der Waals surface area contributed by atoms with Gasteiger partial charge in [-0.2, -0.15) is 0 Å². The molecule has 0 spiro atoms. The topological polar surface area (TPSA) is 26.2 Å². The third-order valence-corrected chi connectivity index (χ3v) is 4.13. The summed E-state index contributed by atoms with van der Waals surface area (Å²) in [6, 6.07) is 19.4. The van der Waals surface area contributed by atoms with Crippen molar-refractivity contribution in [2.45, 2.75) is 12.5 Å². The first-order valence-corrected chi connectivity index (χ1v) is 7.68. The minimum atomic E-state index is 0.318. The minimum Gasteiger partial charge on any atom is -0.496 e. The molecular weight excluding hydrogens is 272 g/mol. The van der Waals surface area contributed by atoms with Gasteiger partial charge in [0.2, 0.25) is 0 Å². The van der Waals surface area contributed by atoms with Crippen LogP contribution >= 0.6 is 0 Å². The van der Waals surface area contributed by atoms with Gasteiger partial charge in [-0.3, -0.25) is 0 Å². The second kappa shape index (κ2) is 6.67. The number of benzene rings is 2. The first-order valence-electron chi connectivity index (χ1n) is 7.68. The number of nitrogens with one attached hydrogen (secondary N) is 1. The fraction of sp³-hybridized carbons (Fsp3) is 0.263. The largest absolute Gasteiger partial charge is 0.496 e. The van der Waals surface area contributed by atoms with Gasteiger partial charge in [0.15, 0.2) is 0 Å². The van der Waals surface area contributed by atoms with Crippen molar-refractivity contribution in [1.29, 1.82) is 0 Å². The molecule has 3 heteroatoms. The Hall–Kier alpha value is -2.26. The van der Waals surface area contributed by atoms with Crippen LogP contribution in [-0.2, 0) is 0 Å². The summed E-state index contributed by atoms with van der Waals surface area (Å²) in [7, 11) is 3.72. The number of methoxy groups -OCH3 is 1. The molecule has 0 bridgehead atoms. The molecule has 1 atom stereocenters. The number of nitrogens with zero attached hydrogens (tertiary/aromatic N) is 1. The van der Waals surface area contributed by atoms with Gasteiger partial charge in [0.05, 0.1) is 18.7 Å². The summed E-state index contributed by atoms with van der Waals surface area (Å²) in [5.41, 5.74) is 2.54. The molecule has 114 valence electrons. The van der Waals surface area contributed by atoms with Crippen LogP contribution in [0.15, 0.2) is 60.8 Å². The third kappa shape index (κ3) is 2.72. The van der Waals surface area contributed by atoms with E-state index >= 15 is 0 Å². The maximum absolute atomic E-state index is 5.48. The van der Waals surface area contributed by atoms with Crippen molar-refractivity contribution in [2.75, 3.05) is 20.7 Å². The average Bonchev–Trinajstić information content (AvgIpc) is 3.00. The maximum Gasteiger partial charge on any atom is 0.128 e. The van der Waals surface area contributed by atoms with E-state index < -0.39 is 0 Å². The highest BCUT2D eigenvalue weighted by Gasteiger charge is 2.16. The van der Waals surface area contributed by atoms with Crippen LogP contribution in [0.25, 0.3) is 10.9 Å². The quantitative estimate of drug-likeness (QED) is 0.747. The summed E-state index contributed by atoms with van der Waals surface area (Å²) in [5, 5.41) is 4.42. The first kappa shape index (κ1) is 14.7. The van der Waals surface area contributed by atoms with E-state index in [1.165, 1.54) is 11.1 Å². The number of aromatic nitrogens is 1. The van der Waals surface area contributed by atoms with E-state index in [0.29, 0.717) is 6.04 Å². The molecule has 2 aromatic carbocycles. The molecule has 3 aromatic rings. The Labute approximate surface area is 131 Å². The van der Waals surface area contributed by atoms with E-state index in [-0.39, 0.29) is 0 Å². The molecule has 3 rings (SSSR count). The zero-order valence-corrected chi connectivity index (χ0v) is 13.1. The molecule has 0 radical (unpaired) electrons. The van der Waals surface area contributed by atoms with E-state index in [9.17, 15) is 0 Å².